The fourth-order valence-corrected chi connectivity index (χ4v) is 7.74. The second-order valence-electron chi connectivity index (χ2n) is 11.3. The van der Waals surface area contributed by atoms with Crippen LogP contribution in [0.3, 0.4) is 0 Å². The van der Waals surface area contributed by atoms with Crippen LogP contribution in [0.4, 0.5) is 0 Å². The zero-order valence-corrected chi connectivity index (χ0v) is 24.0. The van der Waals surface area contributed by atoms with Crippen molar-refractivity contribution in [3.8, 4) is 0 Å². The number of carbonyl (C=O) groups is 1. The van der Waals surface area contributed by atoms with E-state index in [-0.39, 0.29) is 30.0 Å². The van der Waals surface area contributed by atoms with Gasteiger partial charge >= 0.3 is 0 Å². The summed E-state index contributed by atoms with van der Waals surface area (Å²) in [5.41, 5.74) is 5.29. The van der Waals surface area contributed by atoms with Gasteiger partial charge in [0.15, 0.2) is 0 Å². The smallest absolute Gasteiger partial charge is 0.264 e. The second kappa shape index (κ2) is 11.4. The molecule has 1 aliphatic carbocycles. The Morgan fingerprint density at radius 1 is 1.10 bits per heavy atom. The van der Waals surface area contributed by atoms with Gasteiger partial charge in [-0.2, -0.15) is 0 Å². The van der Waals surface area contributed by atoms with Crippen molar-refractivity contribution in [2.75, 3.05) is 13.2 Å². The van der Waals surface area contributed by atoms with E-state index in [0.717, 1.165) is 55.1 Å². The normalized spacial score (nSPS) is 23.0. The number of aromatic nitrogens is 3. The lowest BCUT2D eigenvalue weighted by Crippen LogP contribution is -2.50. The topological polar surface area (TPSA) is 121 Å². The van der Waals surface area contributed by atoms with Crippen molar-refractivity contribution in [2.24, 2.45) is 0 Å². The average molecular weight is 577 g/mol. The summed E-state index contributed by atoms with van der Waals surface area (Å²) in [6.07, 6.45) is 9.81. The number of hydrogen-bond acceptors (Lipinski definition) is 7. The summed E-state index contributed by atoms with van der Waals surface area (Å²) in [5.74, 6) is -0.408. The summed E-state index contributed by atoms with van der Waals surface area (Å²) >= 11 is 0. The molecule has 1 aromatic heterocycles. The number of carbonyl (C=O) groups excluding carboxylic acids is 1. The maximum absolute atomic E-state index is 13.4. The summed E-state index contributed by atoms with van der Waals surface area (Å²) in [7, 11) is -3.94. The third-order valence-corrected chi connectivity index (χ3v) is 10.3. The SMILES string of the molecule is Cc1ccc(S(=O)(=O)N2C=CNC(=O)[C@H]2Cc2cn(C3CCCc4cc(CN5CCC[C@@H]5CO)ccc43)nn2)cc1. The van der Waals surface area contributed by atoms with E-state index in [1.165, 1.54) is 29.1 Å². The zero-order chi connectivity index (χ0) is 28.6. The molecule has 0 saturated carbocycles. The number of aliphatic hydroxyl groups is 1. The van der Waals surface area contributed by atoms with E-state index in [4.69, 9.17) is 0 Å². The van der Waals surface area contributed by atoms with Crippen LogP contribution in [-0.2, 0) is 34.2 Å². The van der Waals surface area contributed by atoms with Crippen LogP contribution in [0.5, 0.6) is 0 Å². The lowest BCUT2D eigenvalue weighted by atomic mass is 9.86. The van der Waals surface area contributed by atoms with Gasteiger partial charge in [-0.15, -0.1) is 5.10 Å². The van der Waals surface area contributed by atoms with Crippen LogP contribution in [0.15, 0.2) is 66.0 Å². The zero-order valence-electron chi connectivity index (χ0n) is 23.2. The molecule has 1 amide bonds. The van der Waals surface area contributed by atoms with Gasteiger partial charge < -0.3 is 10.4 Å². The number of aliphatic hydroxyl groups excluding tert-OH is 1. The fourth-order valence-electron chi connectivity index (χ4n) is 6.29. The number of benzene rings is 2. The van der Waals surface area contributed by atoms with Gasteiger partial charge in [0, 0.05) is 37.6 Å². The summed E-state index contributed by atoms with van der Waals surface area (Å²) in [6.45, 7) is 3.96. The van der Waals surface area contributed by atoms with E-state index in [0.29, 0.717) is 5.69 Å². The maximum Gasteiger partial charge on any atom is 0.264 e. The van der Waals surface area contributed by atoms with Gasteiger partial charge in [0.05, 0.1) is 23.2 Å². The molecule has 3 aromatic rings. The highest BCUT2D eigenvalue weighted by molar-refractivity contribution is 7.89. The molecule has 1 fully saturated rings. The molecule has 2 aliphatic heterocycles. The number of aryl methyl sites for hydroxylation is 2. The predicted molar refractivity (Wildman–Crippen MR) is 153 cm³/mol. The van der Waals surface area contributed by atoms with Crippen LogP contribution in [0.1, 0.15) is 59.7 Å². The highest BCUT2D eigenvalue weighted by atomic mass is 32.2. The minimum atomic E-state index is -3.94. The van der Waals surface area contributed by atoms with Crippen molar-refractivity contribution < 1.29 is 18.3 Å². The molecule has 2 N–H and O–H groups in total. The minimum absolute atomic E-state index is 0.0264. The van der Waals surface area contributed by atoms with Crippen LogP contribution in [-0.4, -0.2) is 68.9 Å². The highest BCUT2D eigenvalue weighted by Gasteiger charge is 2.36. The molecule has 10 nitrogen and oxygen atoms in total. The molecule has 1 saturated heterocycles. The first-order valence-electron chi connectivity index (χ1n) is 14.3. The molecule has 11 heteroatoms. The second-order valence-corrected chi connectivity index (χ2v) is 13.1. The summed E-state index contributed by atoms with van der Waals surface area (Å²) in [4.78, 5) is 15.4. The Bertz CT molecular complexity index is 1550. The van der Waals surface area contributed by atoms with Crippen LogP contribution in [0.2, 0.25) is 0 Å². The Hall–Kier alpha value is -3.54. The van der Waals surface area contributed by atoms with Gasteiger partial charge in [0.2, 0.25) is 5.91 Å². The lowest BCUT2D eigenvalue weighted by molar-refractivity contribution is -0.124. The van der Waals surface area contributed by atoms with Gasteiger partial charge in [-0.25, -0.2) is 13.1 Å². The molecule has 0 spiro atoms. The van der Waals surface area contributed by atoms with Crippen LogP contribution >= 0.6 is 0 Å². The summed E-state index contributed by atoms with van der Waals surface area (Å²) in [5, 5.41) is 21.1. The highest BCUT2D eigenvalue weighted by Crippen LogP contribution is 2.34. The molecule has 6 rings (SSSR count). The number of rotatable bonds is 8. The van der Waals surface area contributed by atoms with Gasteiger partial charge in [0.1, 0.15) is 6.04 Å². The van der Waals surface area contributed by atoms with Gasteiger partial charge in [-0.05, 0) is 74.4 Å². The van der Waals surface area contributed by atoms with Crippen LogP contribution < -0.4 is 5.32 Å². The quantitative estimate of drug-likeness (QED) is 0.423. The van der Waals surface area contributed by atoms with Gasteiger partial charge in [-0.1, -0.05) is 41.1 Å². The third kappa shape index (κ3) is 5.53. The van der Waals surface area contributed by atoms with Crippen molar-refractivity contribution >= 4 is 15.9 Å². The molecule has 3 atom stereocenters. The molecule has 2 aromatic carbocycles. The first-order valence-corrected chi connectivity index (χ1v) is 15.7. The number of likely N-dealkylation sites (tertiary alicyclic amines) is 1. The Morgan fingerprint density at radius 2 is 1.93 bits per heavy atom. The average Bonchev–Trinajstić information content (AvgIpc) is 3.63. The lowest BCUT2D eigenvalue weighted by Gasteiger charge is -2.31. The number of nitrogens with one attached hydrogen (secondary N) is 1. The van der Waals surface area contributed by atoms with E-state index in [9.17, 15) is 18.3 Å². The summed E-state index contributed by atoms with van der Waals surface area (Å²) < 4.78 is 29.9. The molecule has 1 unspecified atom stereocenters. The summed E-state index contributed by atoms with van der Waals surface area (Å²) in [6, 6.07) is 12.5. The number of hydrogen-bond donors (Lipinski definition) is 2. The third-order valence-electron chi connectivity index (χ3n) is 8.52. The van der Waals surface area contributed by atoms with E-state index in [1.54, 1.807) is 24.3 Å². The monoisotopic (exact) mass is 576 g/mol. The van der Waals surface area contributed by atoms with E-state index in [2.05, 4.69) is 38.7 Å². The van der Waals surface area contributed by atoms with E-state index < -0.39 is 22.0 Å². The number of amides is 1. The standard InChI is InChI=1S/C30H36N6O4S/c1-21-7-10-26(11-8-21)41(39,40)36-15-13-31-30(38)29(36)17-24-19-35(33-32-24)28-6-2-4-23-16-22(9-12-27(23)28)18-34-14-3-5-25(34)20-37/h7-13,15-16,19,25,28-29,37H,2-6,14,17-18,20H2,1H3,(H,31,38)/t25-,28?,29-/m1/s1. The largest absolute Gasteiger partial charge is 0.395 e. The van der Waals surface area contributed by atoms with Crippen molar-refractivity contribution in [2.45, 2.75) is 75.0 Å². The number of nitrogens with zero attached hydrogens (tertiary/aromatic N) is 5. The van der Waals surface area contributed by atoms with Crippen molar-refractivity contribution in [1.82, 2.24) is 29.5 Å². The molecular weight excluding hydrogens is 540 g/mol. The molecule has 41 heavy (non-hydrogen) atoms. The molecule has 0 radical (unpaired) electrons. The Morgan fingerprint density at radius 3 is 2.73 bits per heavy atom. The fraction of sp³-hybridized carbons (Fsp3) is 0.433. The van der Waals surface area contributed by atoms with Crippen LogP contribution in [0.25, 0.3) is 0 Å². The van der Waals surface area contributed by atoms with Gasteiger partial charge in [-0.3, -0.25) is 14.0 Å². The van der Waals surface area contributed by atoms with Crippen molar-refractivity contribution in [3.05, 3.63) is 89.0 Å². The minimum Gasteiger partial charge on any atom is -0.395 e. The molecule has 0 bridgehead atoms. The number of fused-ring (bicyclic) bond motifs is 1. The molecule has 3 heterocycles. The first-order chi connectivity index (χ1) is 19.8. The Labute approximate surface area is 240 Å². The first kappa shape index (κ1) is 27.6. The van der Waals surface area contributed by atoms with Gasteiger partial charge in [0.25, 0.3) is 10.0 Å². The maximum atomic E-state index is 13.4. The van der Waals surface area contributed by atoms with E-state index >= 15 is 0 Å². The van der Waals surface area contributed by atoms with Crippen LogP contribution in [0, 0.1) is 6.92 Å². The molecule has 216 valence electrons. The Balaban J connectivity index is 1.20. The molecule has 3 aliphatic rings. The van der Waals surface area contributed by atoms with Crippen molar-refractivity contribution in [1.29, 1.82) is 0 Å². The Kier molecular flexibility index (Phi) is 7.67. The van der Waals surface area contributed by atoms with E-state index in [1.807, 2.05) is 17.8 Å². The van der Waals surface area contributed by atoms with Crippen molar-refractivity contribution in [3.63, 3.8) is 0 Å². The number of sulfonamides is 1. The molecular formula is C30H36N6O4S. The predicted octanol–water partition coefficient (Wildman–Crippen LogP) is 2.67.